The van der Waals surface area contributed by atoms with E-state index in [2.05, 4.69) is 19.6 Å². The van der Waals surface area contributed by atoms with Gasteiger partial charge in [0.25, 0.3) is 0 Å². The van der Waals surface area contributed by atoms with Gasteiger partial charge in [-0.3, -0.25) is 4.79 Å². The van der Waals surface area contributed by atoms with Gasteiger partial charge in [0.2, 0.25) is 0 Å². The molecule has 0 aromatic heterocycles. The summed E-state index contributed by atoms with van der Waals surface area (Å²) in [6.07, 6.45) is -0.936. The lowest BCUT2D eigenvalue weighted by Gasteiger charge is -2.27. The first-order valence-corrected chi connectivity index (χ1v) is 9.74. The predicted octanol–water partition coefficient (Wildman–Crippen LogP) is 1.57. The maximum atomic E-state index is 11.7. The van der Waals surface area contributed by atoms with Crippen LogP contribution < -0.4 is 0 Å². The number of aliphatic hydroxyl groups is 1. The van der Waals surface area contributed by atoms with Crippen molar-refractivity contribution in [2.75, 3.05) is 6.61 Å². The maximum Gasteiger partial charge on any atom is 0.341 e. The van der Waals surface area contributed by atoms with E-state index >= 15 is 0 Å². The number of hydrogen-bond donors (Lipinski definition) is 1. The van der Waals surface area contributed by atoms with Crippen molar-refractivity contribution in [1.82, 2.24) is 0 Å². The largest absolute Gasteiger partial charge is 0.464 e. The number of carbonyl (C=O) groups is 2. The van der Waals surface area contributed by atoms with Gasteiger partial charge in [-0.05, 0) is 19.9 Å². The SMILES string of the molecule is CC(=O)O[C@H](C)[C@@](C)(O)C(=O)OCC[Si](C)(C)C. The first-order valence-electron chi connectivity index (χ1n) is 6.03. The molecule has 0 spiro atoms. The lowest BCUT2D eigenvalue weighted by atomic mass is 10.0. The minimum atomic E-state index is -1.81. The van der Waals surface area contributed by atoms with Crippen LogP contribution in [0.4, 0.5) is 0 Å². The van der Waals surface area contributed by atoms with Crippen LogP contribution in [0.3, 0.4) is 0 Å². The summed E-state index contributed by atoms with van der Waals surface area (Å²) in [4.78, 5) is 22.5. The molecule has 2 atom stereocenters. The zero-order chi connectivity index (χ0) is 14.6. The predicted molar refractivity (Wildman–Crippen MR) is 71.0 cm³/mol. The van der Waals surface area contributed by atoms with Gasteiger partial charge in [-0.15, -0.1) is 0 Å². The molecule has 0 rings (SSSR count). The summed E-state index contributed by atoms with van der Waals surface area (Å²) in [5.41, 5.74) is -1.81. The van der Waals surface area contributed by atoms with Gasteiger partial charge in [-0.2, -0.15) is 0 Å². The number of carbonyl (C=O) groups excluding carboxylic acids is 2. The first kappa shape index (κ1) is 17.1. The van der Waals surface area contributed by atoms with Gasteiger partial charge in [-0.1, -0.05) is 19.6 Å². The highest BCUT2D eigenvalue weighted by Crippen LogP contribution is 2.17. The molecule has 0 aromatic carbocycles. The quantitative estimate of drug-likeness (QED) is 0.589. The number of hydrogen-bond acceptors (Lipinski definition) is 5. The van der Waals surface area contributed by atoms with Crippen molar-refractivity contribution in [3.8, 4) is 0 Å². The number of esters is 2. The van der Waals surface area contributed by atoms with Crippen molar-refractivity contribution in [3.05, 3.63) is 0 Å². The smallest absolute Gasteiger partial charge is 0.341 e. The molecule has 0 heterocycles. The Morgan fingerprint density at radius 2 is 1.83 bits per heavy atom. The Labute approximate surface area is 109 Å². The molecule has 0 aliphatic heterocycles. The molecule has 106 valence electrons. The fourth-order valence-electron chi connectivity index (χ4n) is 1.13. The second kappa shape index (κ2) is 6.33. The van der Waals surface area contributed by atoms with Crippen LogP contribution in [0.1, 0.15) is 20.8 Å². The van der Waals surface area contributed by atoms with E-state index in [1.165, 1.54) is 20.8 Å². The van der Waals surface area contributed by atoms with E-state index in [9.17, 15) is 14.7 Å². The molecule has 0 radical (unpaired) electrons. The van der Waals surface area contributed by atoms with Crippen molar-refractivity contribution in [2.24, 2.45) is 0 Å². The average Bonchev–Trinajstić information content (AvgIpc) is 2.14. The molecule has 0 fully saturated rings. The van der Waals surface area contributed by atoms with Gasteiger partial charge in [0.15, 0.2) is 5.60 Å². The first-order chi connectivity index (χ1) is 7.97. The van der Waals surface area contributed by atoms with Crippen molar-refractivity contribution < 1.29 is 24.2 Å². The van der Waals surface area contributed by atoms with Crippen LogP contribution in [-0.4, -0.2) is 43.4 Å². The van der Waals surface area contributed by atoms with Gasteiger partial charge in [-0.25, -0.2) is 4.79 Å². The molecule has 0 saturated heterocycles. The monoisotopic (exact) mass is 276 g/mol. The zero-order valence-electron chi connectivity index (χ0n) is 12.1. The summed E-state index contributed by atoms with van der Waals surface area (Å²) in [5, 5.41) is 9.99. The summed E-state index contributed by atoms with van der Waals surface area (Å²) in [7, 11) is -1.28. The normalized spacial score (nSPS) is 16.6. The van der Waals surface area contributed by atoms with Gasteiger partial charge in [0.05, 0.1) is 6.61 Å². The van der Waals surface area contributed by atoms with E-state index in [1.807, 2.05) is 0 Å². The van der Waals surface area contributed by atoms with Gasteiger partial charge in [0, 0.05) is 15.0 Å². The Kier molecular flexibility index (Phi) is 6.02. The van der Waals surface area contributed by atoms with Gasteiger partial charge >= 0.3 is 11.9 Å². The lowest BCUT2D eigenvalue weighted by Crippen LogP contribution is -2.48. The maximum absolute atomic E-state index is 11.7. The molecule has 0 saturated carbocycles. The van der Waals surface area contributed by atoms with Crippen LogP contribution in [-0.2, 0) is 19.1 Å². The summed E-state index contributed by atoms with van der Waals surface area (Å²) in [5.74, 6) is -1.30. The topological polar surface area (TPSA) is 72.8 Å². The van der Waals surface area contributed by atoms with E-state index in [0.717, 1.165) is 6.04 Å². The highest BCUT2D eigenvalue weighted by Gasteiger charge is 2.40. The van der Waals surface area contributed by atoms with Crippen molar-refractivity contribution in [3.63, 3.8) is 0 Å². The molecular formula is C12H24O5Si. The van der Waals surface area contributed by atoms with Crippen LogP contribution in [0.5, 0.6) is 0 Å². The van der Waals surface area contributed by atoms with Crippen molar-refractivity contribution >= 4 is 20.0 Å². The van der Waals surface area contributed by atoms with Crippen LogP contribution in [0.2, 0.25) is 25.7 Å². The molecule has 6 heteroatoms. The second-order valence-electron chi connectivity index (χ2n) is 5.85. The molecule has 0 aliphatic carbocycles. The molecular weight excluding hydrogens is 252 g/mol. The average molecular weight is 276 g/mol. The summed E-state index contributed by atoms with van der Waals surface area (Å²) in [6.45, 7) is 10.8. The van der Waals surface area contributed by atoms with Crippen LogP contribution >= 0.6 is 0 Å². The van der Waals surface area contributed by atoms with Crippen LogP contribution in [0.15, 0.2) is 0 Å². The summed E-state index contributed by atoms with van der Waals surface area (Å²) < 4.78 is 9.84. The fourth-order valence-corrected chi connectivity index (χ4v) is 1.84. The molecule has 0 amide bonds. The molecule has 0 bridgehead atoms. The fraction of sp³-hybridized carbons (Fsp3) is 0.833. The number of rotatable bonds is 6. The minimum absolute atomic E-state index is 0.289. The van der Waals surface area contributed by atoms with E-state index in [-0.39, 0.29) is 6.61 Å². The Balaban J connectivity index is 4.34. The third-order valence-corrected chi connectivity index (χ3v) is 4.34. The Morgan fingerprint density at radius 1 is 1.33 bits per heavy atom. The summed E-state index contributed by atoms with van der Waals surface area (Å²) >= 11 is 0. The molecule has 18 heavy (non-hydrogen) atoms. The molecule has 0 unspecified atom stereocenters. The zero-order valence-corrected chi connectivity index (χ0v) is 13.1. The Bertz CT molecular complexity index is 306. The van der Waals surface area contributed by atoms with E-state index < -0.39 is 31.7 Å². The Hall–Kier alpha value is -0.883. The second-order valence-corrected chi connectivity index (χ2v) is 11.5. The van der Waals surface area contributed by atoms with Gasteiger partial charge < -0.3 is 14.6 Å². The molecule has 5 nitrogen and oxygen atoms in total. The van der Waals surface area contributed by atoms with Crippen LogP contribution in [0, 0.1) is 0 Å². The number of ether oxygens (including phenoxy) is 2. The molecule has 0 aliphatic rings. The third kappa shape index (κ3) is 6.16. The highest BCUT2D eigenvalue weighted by molar-refractivity contribution is 6.76. The van der Waals surface area contributed by atoms with Crippen molar-refractivity contribution in [1.29, 1.82) is 0 Å². The third-order valence-electron chi connectivity index (χ3n) is 2.63. The lowest BCUT2D eigenvalue weighted by molar-refractivity contribution is -0.182. The minimum Gasteiger partial charge on any atom is -0.464 e. The van der Waals surface area contributed by atoms with Crippen LogP contribution in [0.25, 0.3) is 0 Å². The van der Waals surface area contributed by atoms with E-state index in [1.54, 1.807) is 0 Å². The highest BCUT2D eigenvalue weighted by atomic mass is 28.3. The molecule has 0 aromatic rings. The standard InChI is InChI=1S/C12H24O5Si/c1-9(17-10(2)13)12(3,15)11(14)16-7-8-18(4,5)6/h9,15H,7-8H2,1-6H3/t9-,12-/m1/s1. The van der Waals surface area contributed by atoms with Gasteiger partial charge in [0.1, 0.15) is 6.10 Å². The van der Waals surface area contributed by atoms with Crippen molar-refractivity contribution in [2.45, 2.75) is 58.2 Å². The van der Waals surface area contributed by atoms with E-state index in [0.29, 0.717) is 0 Å². The Morgan fingerprint density at radius 3 is 2.22 bits per heavy atom. The van der Waals surface area contributed by atoms with E-state index in [4.69, 9.17) is 9.47 Å². The molecule has 1 N–H and O–H groups in total. The summed E-state index contributed by atoms with van der Waals surface area (Å²) in [6, 6.07) is 0.830.